The van der Waals surface area contributed by atoms with Crippen molar-refractivity contribution < 1.29 is 12.9 Å². The van der Waals surface area contributed by atoms with Crippen LogP contribution in [0.1, 0.15) is 34.9 Å². The number of rotatable bonds is 4. The van der Waals surface area contributed by atoms with E-state index in [0.717, 1.165) is 14.2 Å². The van der Waals surface area contributed by atoms with Crippen molar-refractivity contribution in [3.05, 3.63) is 31.7 Å². The maximum atomic E-state index is 12.4. The number of sulfonamides is 1. The molecule has 0 saturated heterocycles. The lowest BCUT2D eigenvalue weighted by Gasteiger charge is -2.13. The van der Waals surface area contributed by atoms with Gasteiger partial charge < -0.3 is 4.52 Å². The van der Waals surface area contributed by atoms with Gasteiger partial charge in [-0.15, -0.1) is 11.3 Å². The third-order valence-electron chi connectivity index (χ3n) is 2.99. The summed E-state index contributed by atoms with van der Waals surface area (Å²) >= 11 is 4.70. The van der Waals surface area contributed by atoms with Crippen LogP contribution in [0.2, 0.25) is 0 Å². The molecule has 110 valence electrons. The van der Waals surface area contributed by atoms with Crippen LogP contribution in [0.4, 0.5) is 0 Å². The Balaban J connectivity index is 2.32. The summed E-state index contributed by atoms with van der Waals surface area (Å²) < 4.78 is 33.4. The molecule has 0 fully saturated rings. The molecule has 0 saturated carbocycles. The standard InChI is InChI=1S/C12H15BrN2O3S2/c1-6-12(8(3)18-14-6)7(2)15-20(16,17)10-5-11(13)19-9(10)4/h5,7,15H,1-4H3. The highest BCUT2D eigenvalue weighted by Gasteiger charge is 2.25. The minimum absolute atomic E-state index is 0.299. The zero-order chi connectivity index (χ0) is 15.1. The van der Waals surface area contributed by atoms with Crippen molar-refractivity contribution in [2.24, 2.45) is 0 Å². The fourth-order valence-corrected chi connectivity index (χ4v) is 5.79. The molecule has 0 amide bonds. The highest BCUT2D eigenvalue weighted by molar-refractivity contribution is 9.11. The van der Waals surface area contributed by atoms with Crippen LogP contribution < -0.4 is 4.72 Å². The van der Waals surface area contributed by atoms with Crippen molar-refractivity contribution in [2.45, 2.75) is 38.6 Å². The maximum absolute atomic E-state index is 12.4. The number of hydrogen-bond donors (Lipinski definition) is 1. The van der Waals surface area contributed by atoms with Crippen LogP contribution in [0, 0.1) is 20.8 Å². The second-order valence-corrected chi connectivity index (χ2v) is 8.87. The second kappa shape index (κ2) is 5.59. The first kappa shape index (κ1) is 15.7. The van der Waals surface area contributed by atoms with Crippen LogP contribution >= 0.6 is 27.3 Å². The maximum Gasteiger partial charge on any atom is 0.242 e. The third kappa shape index (κ3) is 2.98. The molecule has 0 bridgehead atoms. The largest absolute Gasteiger partial charge is 0.361 e. The first-order valence-electron chi connectivity index (χ1n) is 5.93. The van der Waals surface area contributed by atoms with E-state index in [4.69, 9.17) is 4.52 Å². The van der Waals surface area contributed by atoms with Crippen LogP contribution in [0.15, 0.2) is 19.3 Å². The molecule has 2 heterocycles. The van der Waals surface area contributed by atoms with Crippen molar-refractivity contribution in [3.8, 4) is 0 Å². The highest BCUT2D eigenvalue weighted by atomic mass is 79.9. The average Bonchev–Trinajstić information content (AvgIpc) is 2.81. The summed E-state index contributed by atoms with van der Waals surface area (Å²) in [7, 11) is -3.57. The molecule has 0 aliphatic rings. The summed E-state index contributed by atoms with van der Waals surface area (Å²) in [6.07, 6.45) is 0. The van der Waals surface area contributed by atoms with Gasteiger partial charge in [0.15, 0.2) is 0 Å². The number of nitrogens with zero attached hydrogens (tertiary/aromatic N) is 1. The van der Waals surface area contributed by atoms with E-state index in [9.17, 15) is 8.42 Å². The van der Waals surface area contributed by atoms with Gasteiger partial charge in [-0.1, -0.05) is 5.16 Å². The van der Waals surface area contributed by atoms with Gasteiger partial charge >= 0.3 is 0 Å². The number of aryl methyl sites for hydroxylation is 3. The Morgan fingerprint density at radius 1 is 1.40 bits per heavy atom. The quantitative estimate of drug-likeness (QED) is 0.883. The van der Waals surface area contributed by atoms with E-state index in [-0.39, 0.29) is 0 Å². The summed E-state index contributed by atoms with van der Waals surface area (Å²) in [4.78, 5) is 1.04. The van der Waals surface area contributed by atoms with Gasteiger partial charge in [-0.3, -0.25) is 0 Å². The predicted octanol–water partition coefficient (Wildman–Crippen LogP) is 3.46. The van der Waals surface area contributed by atoms with Gasteiger partial charge in [0.05, 0.1) is 14.4 Å². The Hall–Kier alpha value is -0.700. The first-order valence-corrected chi connectivity index (χ1v) is 9.02. The number of thiophene rings is 1. The number of halogens is 1. The third-order valence-corrected chi connectivity index (χ3v) is 6.33. The topological polar surface area (TPSA) is 72.2 Å². The zero-order valence-corrected chi connectivity index (χ0v) is 14.7. The minimum Gasteiger partial charge on any atom is -0.361 e. The Bertz CT molecular complexity index is 714. The SMILES string of the molecule is Cc1noc(C)c1C(C)NS(=O)(=O)c1cc(Br)sc1C. The van der Waals surface area contributed by atoms with Crippen LogP contribution in [-0.2, 0) is 10.0 Å². The monoisotopic (exact) mass is 378 g/mol. The molecule has 2 aromatic rings. The normalized spacial score (nSPS) is 13.7. The van der Waals surface area contributed by atoms with Crippen molar-refractivity contribution in [1.29, 1.82) is 0 Å². The molecule has 0 aliphatic heterocycles. The van der Waals surface area contributed by atoms with Gasteiger partial charge in [-0.25, -0.2) is 13.1 Å². The Morgan fingerprint density at radius 3 is 2.50 bits per heavy atom. The van der Waals surface area contributed by atoms with Crippen LogP contribution in [0.25, 0.3) is 0 Å². The summed E-state index contributed by atoms with van der Waals surface area (Å²) in [5.41, 5.74) is 1.47. The molecule has 2 rings (SSSR count). The fraction of sp³-hybridized carbons (Fsp3) is 0.417. The van der Waals surface area contributed by atoms with E-state index in [1.54, 1.807) is 33.8 Å². The zero-order valence-electron chi connectivity index (χ0n) is 11.5. The van der Waals surface area contributed by atoms with Gasteiger partial charge in [-0.2, -0.15) is 0 Å². The lowest BCUT2D eigenvalue weighted by Crippen LogP contribution is -2.27. The molecular formula is C12H15BrN2O3S2. The van der Waals surface area contributed by atoms with Crippen molar-refractivity contribution in [3.63, 3.8) is 0 Å². The van der Waals surface area contributed by atoms with Crippen molar-refractivity contribution in [1.82, 2.24) is 9.88 Å². The number of hydrogen-bond acceptors (Lipinski definition) is 5. The van der Waals surface area contributed by atoms with E-state index in [0.29, 0.717) is 16.3 Å². The molecule has 2 aromatic heterocycles. The second-order valence-electron chi connectivity index (χ2n) is 4.55. The van der Waals surface area contributed by atoms with Crippen molar-refractivity contribution >= 4 is 37.3 Å². The smallest absolute Gasteiger partial charge is 0.242 e. The van der Waals surface area contributed by atoms with E-state index < -0.39 is 16.1 Å². The van der Waals surface area contributed by atoms with Crippen LogP contribution in [0.5, 0.6) is 0 Å². The van der Waals surface area contributed by atoms with E-state index in [1.807, 2.05) is 0 Å². The van der Waals surface area contributed by atoms with Crippen molar-refractivity contribution in [2.75, 3.05) is 0 Å². The van der Waals surface area contributed by atoms with E-state index in [1.165, 1.54) is 11.3 Å². The molecule has 1 N–H and O–H groups in total. The fourth-order valence-electron chi connectivity index (χ4n) is 2.16. The predicted molar refractivity (Wildman–Crippen MR) is 81.5 cm³/mol. The molecule has 0 radical (unpaired) electrons. The summed E-state index contributed by atoms with van der Waals surface area (Å²) in [6, 6.07) is 1.21. The van der Waals surface area contributed by atoms with Gasteiger partial charge in [0.2, 0.25) is 10.0 Å². The molecule has 0 spiro atoms. The lowest BCUT2D eigenvalue weighted by molar-refractivity contribution is 0.391. The molecule has 5 nitrogen and oxygen atoms in total. The molecule has 1 atom stereocenters. The molecule has 20 heavy (non-hydrogen) atoms. The van der Waals surface area contributed by atoms with Gasteiger partial charge in [-0.05, 0) is 49.7 Å². The Labute approximate surface area is 130 Å². The van der Waals surface area contributed by atoms with E-state index >= 15 is 0 Å². The summed E-state index contributed by atoms with van der Waals surface area (Å²) in [5, 5.41) is 3.85. The van der Waals surface area contributed by atoms with Gasteiger partial charge in [0, 0.05) is 16.5 Å². The minimum atomic E-state index is -3.57. The molecule has 1 unspecified atom stereocenters. The average molecular weight is 379 g/mol. The van der Waals surface area contributed by atoms with Gasteiger partial charge in [0.1, 0.15) is 5.76 Å². The van der Waals surface area contributed by atoms with E-state index in [2.05, 4.69) is 25.8 Å². The van der Waals surface area contributed by atoms with Crippen LogP contribution in [0.3, 0.4) is 0 Å². The Morgan fingerprint density at radius 2 is 2.05 bits per heavy atom. The highest BCUT2D eigenvalue weighted by Crippen LogP contribution is 2.31. The van der Waals surface area contributed by atoms with Crippen LogP contribution in [-0.4, -0.2) is 13.6 Å². The van der Waals surface area contributed by atoms with Gasteiger partial charge in [0.25, 0.3) is 0 Å². The molecule has 0 aromatic carbocycles. The lowest BCUT2D eigenvalue weighted by atomic mass is 10.1. The summed E-state index contributed by atoms with van der Waals surface area (Å²) in [6.45, 7) is 7.13. The molecule has 0 aliphatic carbocycles. The Kier molecular flexibility index (Phi) is 4.38. The molecular weight excluding hydrogens is 364 g/mol. The number of aromatic nitrogens is 1. The summed E-state index contributed by atoms with van der Waals surface area (Å²) in [5.74, 6) is 0.626. The first-order chi connectivity index (χ1) is 9.22. The molecule has 8 heteroatoms. The number of nitrogens with one attached hydrogen (secondary N) is 1.